The van der Waals surface area contributed by atoms with Crippen LogP contribution < -0.4 is 21.1 Å². The Bertz CT molecular complexity index is 521. The van der Waals surface area contributed by atoms with Crippen molar-refractivity contribution >= 4 is 21.8 Å². The maximum atomic E-state index is 11.8. The Hall–Kier alpha value is -1.19. The second-order valence-electron chi connectivity index (χ2n) is 6.48. The molecule has 0 bridgehead atoms. The fourth-order valence-electron chi connectivity index (χ4n) is 2.61. The number of carbonyl (C=O) groups is 2. The molecule has 0 aliphatic heterocycles. The second-order valence-corrected chi connectivity index (χ2v) is 8.26. The Labute approximate surface area is 138 Å². The van der Waals surface area contributed by atoms with Gasteiger partial charge in [-0.05, 0) is 24.7 Å². The van der Waals surface area contributed by atoms with Crippen LogP contribution in [0.15, 0.2) is 0 Å². The number of amides is 2. The molecule has 134 valence electrons. The fourth-order valence-corrected chi connectivity index (χ4v) is 3.47. The van der Waals surface area contributed by atoms with Gasteiger partial charge in [0.1, 0.15) is 0 Å². The van der Waals surface area contributed by atoms with Crippen molar-refractivity contribution < 1.29 is 18.0 Å². The van der Waals surface area contributed by atoms with Crippen molar-refractivity contribution in [2.75, 3.05) is 19.3 Å². The van der Waals surface area contributed by atoms with Gasteiger partial charge in [0.2, 0.25) is 21.8 Å². The largest absolute Gasteiger partial charge is 0.354 e. The van der Waals surface area contributed by atoms with Crippen molar-refractivity contribution in [3.8, 4) is 0 Å². The van der Waals surface area contributed by atoms with Crippen LogP contribution in [0, 0.1) is 11.8 Å². The highest BCUT2D eigenvalue weighted by atomic mass is 32.2. The first-order valence-electron chi connectivity index (χ1n) is 7.87. The first-order valence-corrected chi connectivity index (χ1v) is 9.76. The summed E-state index contributed by atoms with van der Waals surface area (Å²) < 4.78 is 25.2. The highest BCUT2D eigenvalue weighted by Crippen LogP contribution is 2.25. The molecule has 1 saturated carbocycles. The van der Waals surface area contributed by atoms with E-state index in [2.05, 4.69) is 15.4 Å². The molecule has 0 aromatic carbocycles. The number of nitrogens with one attached hydrogen (secondary N) is 3. The zero-order valence-electron chi connectivity index (χ0n) is 14.0. The molecule has 8 nitrogen and oxygen atoms in total. The summed E-state index contributed by atoms with van der Waals surface area (Å²) in [5.41, 5.74) is 5.69. The van der Waals surface area contributed by atoms with Gasteiger partial charge in [-0.25, -0.2) is 13.1 Å². The lowest BCUT2D eigenvalue weighted by molar-refractivity contribution is -0.127. The minimum Gasteiger partial charge on any atom is -0.354 e. The first kappa shape index (κ1) is 19.9. The monoisotopic (exact) mass is 348 g/mol. The third-order valence-corrected chi connectivity index (χ3v) is 4.76. The third-order valence-electron chi connectivity index (χ3n) is 4.03. The normalized spacial score (nSPS) is 22.8. The molecule has 0 spiro atoms. The maximum Gasteiger partial charge on any atom is 0.239 e. The standard InChI is InChI=1S/C14H28N4O4S/c1-9(2)13(15)14(20)17-8-12(19)16-7-10-5-4-6-11(10)18-23(3,21)22/h9-11,13,18H,4-8,15H2,1-3H3,(H,16,19)(H,17,20)/t10?,11?,13-/m0/s1. The van der Waals surface area contributed by atoms with Gasteiger partial charge >= 0.3 is 0 Å². The number of carbonyl (C=O) groups excluding carboxylic acids is 2. The highest BCUT2D eigenvalue weighted by Gasteiger charge is 2.29. The molecule has 9 heteroatoms. The van der Waals surface area contributed by atoms with Gasteiger partial charge in [-0.3, -0.25) is 9.59 Å². The molecule has 23 heavy (non-hydrogen) atoms. The lowest BCUT2D eigenvalue weighted by Gasteiger charge is -2.20. The van der Waals surface area contributed by atoms with E-state index in [1.54, 1.807) is 0 Å². The van der Waals surface area contributed by atoms with Gasteiger partial charge < -0.3 is 16.4 Å². The topological polar surface area (TPSA) is 130 Å². The lowest BCUT2D eigenvalue weighted by Crippen LogP contribution is -2.48. The van der Waals surface area contributed by atoms with Gasteiger partial charge in [0.25, 0.3) is 0 Å². The van der Waals surface area contributed by atoms with Crippen LogP contribution >= 0.6 is 0 Å². The average molecular weight is 348 g/mol. The lowest BCUT2D eigenvalue weighted by atomic mass is 10.0. The van der Waals surface area contributed by atoms with Crippen LogP contribution in [0.2, 0.25) is 0 Å². The van der Waals surface area contributed by atoms with Crippen molar-refractivity contribution in [1.82, 2.24) is 15.4 Å². The molecule has 1 aliphatic carbocycles. The minimum absolute atomic E-state index is 0.000578. The van der Waals surface area contributed by atoms with Crippen LogP contribution in [0.5, 0.6) is 0 Å². The molecule has 1 fully saturated rings. The molecule has 1 rings (SSSR count). The summed E-state index contributed by atoms with van der Waals surface area (Å²) in [5, 5.41) is 5.24. The van der Waals surface area contributed by atoms with Crippen molar-refractivity contribution in [1.29, 1.82) is 0 Å². The van der Waals surface area contributed by atoms with Gasteiger partial charge in [0, 0.05) is 12.6 Å². The van der Waals surface area contributed by atoms with Crippen LogP contribution in [0.3, 0.4) is 0 Å². The summed E-state index contributed by atoms with van der Waals surface area (Å²) >= 11 is 0. The van der Waals surface area contributed by atoms with Gasteiger partial charge in [-0.15, -0.1) is 0 Å². The molecule has 0 aromatic rings. The Kier molecular flexibility index (Phi) is 7.43. The summed E-state index contributed by atoms with van der Waals surface area (Å²) in [7, 11) is -3.25. The Balaban J connectivity index is 2.34. The van der Waals surface area contributed by atoms with Crippen molar-refractivity contribution in [3.63, 3.8) is 0 Å². The number of sulfonamides is 1. The summed E-state index contributed by atoms with van der Waals surface area (Å²) in [4.78, 5) is 23.4. The number of rotatable bonds is 8. The van der Waals surface area contributed by atoms with Crippen molar-refractivity contribution in [2.24, 2.45) is 17.6 Å². The highest BCUT2D eigenvalue weighted by molar-refractivity contribution is 7.88. The summed E-state index contributed by atoms with van der Waals surface area (Å²) in [6.07, 6.45) is 3.69. The Morgan fingerprint density at radius 1 is 1.22 bits per heavy atom. The van der Waals surface area contributed by atoms with Crippen LogP contribution in [-0.4, -0.2) is 51.7 Å². The molecule has 1 aliphatic rings. The zero-order valence-corrected chi connectivity index (χ0v) is 14.8. The molecule has 0 saturated heterocycles. The SMILES string of the molecule is CC(C)[C@H](N)C(=O)NCC(=O)NCC1CCCC1NS(C)(=O)=O. The molecule has 5 N–H and O–H groups in total. The molecule has 2 unspecified atom stereocenters. The first-order chi connectivity index (χ1) is 10.6. The maximum absolute atomic E-state index is 11.8. The molecule has 3 atom stereocenters. The smallest absolute Gasteiger partial charge is 0.239 e. The molecule has 0 aromatic heterocycles. The van der Waals surface area contributed by atoms with Gasteiger partial charge in [-0.2, -0.15) is 0 Å². The predicted octanol–water partition coefficient (Wildman–Crippen LogP) is -1.08. The van der Waals surface area contributed by atoms with E-state index in [-0.39, 0.29) is 36.2 Å². The predicted molar refractivity (Wildman–Crippen MR) is 87.9 cm³/mol. The van der Waals surface area contributed by atoms with E-state index in [0.717, 1.165) is 25.5 Å². The summed E-state index contributed by atoms with van der Waals surface area (Å²) in [6, 6.07) is -0.782. The van der Waals surface area contributed by atoms with Gasteiger partial charge in [0.05, 0.1) is 18.8 Å². The minimum atomic E-state index is -3.25. The summed E-state index contributed by atoms with van der Waals surface area (Å²) in [6.45, 7) is 3.92. The van der Waals surface area contributed by atoms with Crippen molar-refractivity contribution in [3.05, 3.63) is 0 Å². The van der Waals surface area contributed by atoms with E-state index < -0.39 is 16.1 Å². The molecule has 2 amide bonds. The Morgan fingerprint density at radius 2 is 1.87 bits per heavy atom. The second kappa shape index (κ2) is 8.60. The Morgan fingerprint density at radius 3 is 2.43 bits per heavy atom. The summed E-state index contributed by atoms with van der Waals surface area (Å²) in [5.74, 6) is -0.589. The van der Waals surface area contributed by atoms with Gasteiger partial charge in [-0.1, -0.05) is 20.3 Å². The number of hydrogen-bond donors (Lipinski definition) is 4. The van der Waals surface area contributed by atoms with E-state index >= 15 is 0 Å². The number of hydrogen-bond acceptors (Lipinski definition) is 5. The fraction of sp³-hybridized carbons (Fsp3) is 0.857. The average Bonchev–Trinajstić information content (AvgIpc) is 2.86. The zero-order chi connectivity index (χ0) is 17.6. The van der Waals surface area contributed by atoms with Crippen LogP contribution in [0.25, 0.3) is 0 Å². The van der Waals surface area contributed by atoms with E-state index in [1.165, 1.54) is 0 Å². The van der Waals surface area contributed by atoms with E-state index in [4.69, 9.17) is 5.73 Å². The van der Waals surface area contributed by atoms with E-state index in [1.807, 2.05) is 13.8 Å². The molecule has 0 radical (unpaired) electrons. The van der Waals surface area contributed by atoms with E-state index in [0.29, 0.717) is 6.54 Å². The van der Waals surface area contributed by atoms with Crippen LogP contribution in [0.1, 0.15) is 33.1 Å². The van der Waals surface area contributed by atoms with Crippen LogP contribution in [0.4, 0.5) is 0 Å². The third kappa shape index (κ3) is 7.28. The van der Waals surface area contributed by atoms with E-state index in [9.17, 15) is 18.0 Å². The number of nitrogens with two attached hydrogens (primary N) is 1. The molecular formula is C14H28N4O4S. The quantitative estimate of drug-likeness (QED) is 0.443. The van der Waals surface area contributed by atoms with Gasteiger partial charge in [0.15, 0.2) is 0 Å². The molecular weight excluding hydrogens is 320 g/mol. The van der Waals surface area contributed by atoms with Crippen molar-refractivity contribution in [2.45, 2.75) is 45.2 Å². The van der Waals surface area contributed by atoms with Crippen LogP contribution in [-0.2, 0) is 19.6 Å². The molecule has 0 heterocycles.